The summed E-state index contributed by atoms with van der Waals surface area (Å²) < 4.78 is 6.02. The summed E-state index contributed by atoms with van der Waals surface area (Å²) in [6.07, 6.45) is 11.9. The molecule has 0 spiro atoms. The molecular formula is C25H35NO2. The molecular weight excluding hydrogens is 346 g/mol. The Morgan fingerprint density at radius 1 is 1.18 bits per heavy atom. The van der Waals surface area contributed by atoms with Crippen molar-refractivity contribution in [3.8, 4) is 11.8 Å². The summed E-state index contributed by atoms with van der Waals surface area (Å²) in [4.78, 5) is 11.4. The highest BCUT2D eigenvalue weighted by molar-refractivity contribution is 5.94. The van der Waals surface area contributed by atoms with Gasteiger partial charge in [0.15, 0.2) is 5.78 Å². The van der Waals surface area contributed by atoms with E-state index in [0.717, 1.165) is 49.0 Å². The van der Waals surface area contributed by atoms with Gasteiger partial charge in [-0.05, 0) is 93.9 Å². The van der Waals surface area contributed by atoms with Crippen LogP contribution in [0.3, 0.4) is 0 Å². The molecule has 3 rings (SSSR count). The SMILES string of the molecule is CCCCCC1(C#N)CCC2CC(COc3ccc(C(C)=O)cc3)CCC2C1. The van der Waals surface area contributed by atoms with Crippen LogP contribution in [0.5, 0.6) is 5.75 Å². The number of nitriles is 1. The van der Waals surface area contributed by atoms with Crippen LogP contribution in [0.25, 0.3) is 0 Å². The highest BCUT2D eigenvalue weighted by Gasteiger charge is 2.43. The number of benzene rings is 1. The van der Waals surface area contributed by atoms with Gasteiger partial charge in [0.25, 0.3) is 0 Å². The van der Waals surface area contributed by atoms with Crippen LogP contribution in [0.15, 0.2) is 24.3 Å². The van der Waals surface area contributed by atoms with Gasteiger partial charge in [-0.1, -0.05) is 26.2 Å². The maximum atomic E-state index is 11.4. The minimum atomic E-state index is -0.0435. The van der Waals surface area contributed by atoms with Crippen LogP contribution in [-0.2, 0) is 0 Å². The molecule has 0 aliphatic heterocycles. The first-order valence-electron chi connectivity index (χ1n) is 11.2. The molecule has 0 aromatic heterocycles. The lowest BCUT2D eigenvalue weighted by atomic mass is 9.59. The molecule has 4 atom stereocenters. The van der Waals surface area contributed by atoms with Crippen molar-refractivity contribution >= 4 is 5.78 Å². The molecule has 0 amide bonds. The van der Waals surface area contributed by atoms with E-state index in [-0.39, 0.29) is 11.2 Å². The fraction of sp³-hybridized carbons (Fsp3) is 0.680. The lowest BCUT2D eigenvalue weighted by Gasteiger charge is -2.45. The number of carbonyl (C=O) groups excluding carboxylic acids is 1. The Labute approximate surface area is 170 Å². The van der Waals surface area contributed by atoms with Crippen molar-refractivity contribution in [1.82, 2.24) is 0 Å². The van der Waals surface area contributed by atoms with E-state index < -0.39 is 0 Å². The minimum Gasteiger partial charge on any atom is -0.493 e. The Bertz CT molecular complexity index is 689. The highest BCUT2D eigenvalue weighted by atomic mass is 16.5. The number of fused-ring (bicyclic) bond motifs is 1. The van der Waals surface area contributed by atoms with Crippen molar-refractivity contribution in [2.75, 3.05) is 6.61 Å². The van der Waals surface area contributed by atoms with Crippen LogP contribution in [-0.4, -0.2) is 12.4 Å². The van der Waals surface area contributed by atoms with Gasteiger partial charge in [0, 0.05) is 5.56 Å². The Kier molecular flexibility index (Phi) is 7.16. The summed E-state index contributed by atoms with van der Waals surface area (Å²) in [5.74, 6) is 3.07. The Morgan fingerprint density at radius 2 is 1.96 bits per heavy atom. The molecule has 2 aliphatic carbocycles. The van der Waals surface area contributed by atoms with Gasteiger partial charge in [0.05, 0.1) is 18.1 Å². The number of rotatable bonds is 8. The maximum absolute atomic E-state index is 11.4. The van der Waals surface area contributed by atoms with Crippen LogP contribution in [0.4, 0.5) is 0 Å². The van der Waals surface area contributed by atoms with Gasteiger partial charge in [-0.15, -0.1) is 0 Å². The fourth-order valence-electron chi connectivity index (χ4n) is 5.36. The van der Waals surface area contributed by atoms with E-state index in [1.165, 1.54) is 44.9 Å². The minimum absolute atomic E-state index is 0.0435. The van der Waals surface area contributed by atoms with E-state index in [0.29, 0.717) is 5.92 Å². The normalized spacial score (nSPS) is 29.5. The number of unbranched alkanes of at least 4 members (excludes halogenated alkanes) is 2. The zero-order chi connectivity index (χ0) is 20.0. The molecule has 2 aliphatic rings. The van der Waals surface area contributed by atoms with Gasteiger partial charge < -0.3 is 4.74 Å². The molecule has 3 heteroatoms. The van der Waals surface area contributed by atoms with Crippen LogP contribution >= 0.6 is 0 Å². The number of Topliss-reactive ketones (excluding diaryl/α,β-unsaturated/α-hetero) is 1. The monoisotopic (exact) mass is 381 g/mol. The Hall–Kier alpha value is -1.82. The molecule has 28 heavy (non-hydrogen) atoms. The average Bonchev–Trinajstić information content (AvgIpc) is 2.72. The van der Waals surface area contributed by atoms with Crippen LogP contribution in [0.1, 0.15) is 88.4 Å². The molecule has 1 aromatic rings. The largest absolute Gasteiger partial charge is 0.493 e. The highest BCUT2D eigenvalue weighted by Crippen LogP contribution is 2.51. The Morgan fingerprint density at radius 3 is 2.64 bits per heavy atom. The molecule has 0 heterocycles. The molecule has 0 N–H and O–H groups in total. The van der Waals surface area contributed by atoms with Gasteiger partial charge in [-0.3, -0.25) is 4.79 Å². The van der Waals surface area contributed by atoms with Gasteiger partial charge >= 0.3 is 0 Å². The summed E-state index contributed by atoms with van der Waals surface area (Å²) in [5, 5.41) is 9.86. The summed E-state index contributed by atoms with van der Waals surface area (Å²) in [5.41, 5.74) is 0.688. The third-order valence-corrected chi connectivity index (χ3v) is 7.14. The second kappa shape index (κ2) is 9.59. The van der Waals surface area contributed by atoms with Gasteiger partial charge in [-0.2, -0.15) is 5.26 Å². The van der Waals surface area contributed by atoms with Crippen LogP contribution < -0.4 is 4.74 Å². The van der Waals surface area contributed by atoms with Crippen molar-refractivity contribution in [3.63, 3.8) is 0 Å². The fourth-order valence-corrected chi connectivity index (χ4v) is 5.36. The first kappa shape index (κ1) is 20.9. The summed E-state index contributed by atoms with van der Waals surface area (Å²) >= 11 is 0. The summed E-state index contributed by atoms with van der Waals surface area (Å²) in [6, 6.07) is 10.2. The number of carbonyl (C=O) groups is 1. The molecule has 0 saturated heterocycles. The van der Waals surface area contributed by atoms with E-state index in [1.807, 2.05) is 24.3 Å². The number of hydrogen-bond acceptors (Lipinski definition) is 3. The molecule has 3 nitrogen and oxygen atoms in total. The zero-order valence-electron chi connectivity index (χ0n) is 17.6. The molecule has 1 aromatic carbocycles. The van der Waals surface area contributed by atoms with Gasteiger partial charge in [0.1, 0.15) is 5.75 Å². The number of hydrogen-bond donors (Lipinski definition) is 0. The molecule has 152 valence electrons. The first-order chi connectivity index (χ1) is 13.5. The number of nitrogens with zero attached hydrogens (tertiary/aromatic N) is 1. The predicted octanol–water partition coefficient (Wildman–Crippen LogP) is 6.57. The second-order valence-corrected chi connectivity index (χ2v) is 9.18. The van der Waals surface area contributed by atoms with E-state index in [4.69, 9.17) is 4.74 Å². The molecule has 0 bridgehead atoms. The topological polar surface area (TPSA) is 50.1 Å². The maximum Gasteiger partial charge on any atom is 0.159 e. The molecule has 0 radical (unpaired) electrons. The van der Waals surface area contributed by atoms with Crippen molar-refractivity contribution < 1.29 is 9.53 Å². The summed E-state index contributed by atoms with van der Waals surface area (Å²) in [7, 11) is 0. The smallest absolute Gasteiger partial charge is 0.159 e. The van der Waals surface area contributed by atoms with Gasteiger partial charge in [-0.25, -0.2) is 0 Å². The van der Waals surface area contributed by atoms with E-state index in [9.17, 15) is 10.1 Å². The third kappa shape index (κ3) is 5.16. The lowest BCUT2D eigenvalue weighted by Crippen LogP contribution is -2.37. The summed E-state index contributed by atoms with van der Waals surface area (Å²) in [6.45, 7) is 4.59. The second-order valence-electron chi connectivity index (χ2n) is 9.18. The number of ether oxygens (including phenoxy) is 1. The molecule has 4 unspecified atom stereocenters. The lowest BCUT2D eigenvalue weighted by molar-refractivity contribution is 0.0507. The van der Waals surface area contributed by atoms with Gasteiger partial charge in [0.2, 0.25) is 0 Å². The van der Waals surface area contributed by atoms with Crippen molar-refractivity contribution in [3.05, 3.63) is 29.8 Å². The predicted molar refractivity (Wildman–Crippen MR) is 112 cm³/mol. The average molecular weight is 382 g/mol. The van der Waals surface area contributed by atoms with E-state index in [2.05, 4.69) is 13.0 Å². The molecule has 2 fully saturated rings. The quantitative estimate of drug-likeness (QED) is 0.378. The standard InChI is InChI=1S/C25H35NO2/c1-3-4-5-13-25(18-26)14-12-22-15-20(6-7-23(22)16-25)17-28-24-10-8-21(9-11-24)19(2)27/h8-11,20,22-23H,3-7,12-17H2,1-2H3. The third-order valence-electron chi connectivity index (χ3n) is 7.14. The first-order valence-corrected chi connectivity index (χ1v) is 11.2. The van der Waals surface area contributed by atoms with Crippen molar-refractivity contribution in [1.29, 1.82) is 5.26 Å². The van der Waals surface area contributed by atoms with Crippen molar-refractivity contribution in [2.24, 2.45) is 23.2 Å². The van der Waals surface area contributed by atoms with E-state index >= 15 is 0 Å². The number of ketones is 1. The van der Waals surface area contributed by atoms with Crippen LogP contribution in [0.2, 0.25) is 0 Å². The zero-order valence-corrected chi connectivity index (χ0v) is 17.6. The molecule has 2 saturated carbocycles. The van der Waals surface area contributed by atoms with Crippen LogP contribution in [0, 0.1) is 34.5 Å². The van der Waals surface area contributed by atoms with Crippen molar-refractivity contribution in [2.45, 2.75) is 78.1 Å². The van der Waals surface area contributed by atoms with E-state index in [1.54, 1.807) is 6.92 Å². The Balaban J connectivity index is 1.48.